The van der Waals surface area contributed by atoms with Gasteiger partial charge in [-0.15, -0.1) is 0 Å². The molecule has 0 heterocycles. The maximum absolute atomic E-state index is 12.6. The van der Waals surface area contributed by atoms with Crippen LogP contribution in [0.1, 0.15) is 38.3 Å². The molecule has 0 saturated heterocycles. The smallest absolute Gasteiger partial charge is 0.330 e. The molecule has 0 spiro atoms. The molecule has 2 N–H and O–H groups in total. The molecule has 0 aliphatic rings. The summed E-state index contributed by atoms with van der Waals surface area (Å²) in [6.07, 6.45) is -3.74. The molecular formula is C15H22F3N. The van der Waals surface area contributed by atoms with E-state index in [0.29, 0.717) is 6.42 Å². The Morgan fingerprint density at radius 1 is 1.16 bits per heavy atom. The number of hydrogen-bond donors (Lipinski definition) is 1. The molecule has 19 heavy (non-hydrogen) atoms. The minimum atomic E-state index is -4.20. The van der Waals surface area contributed by atoms with Crippen molar-refractivity contribution in [1.82, 2.24) is 0 Å². The van der Waals surface area contributed by atoms with Gasteiger partial charge in [0.1, 0.15) is 0 Å². The second-order valence-electron chi connectivity index (χ2n) is 5.96. The molecule has 0 fully saturated rings. The van der Waals surface area contributed by atoms with Crippen LogP contribution in [0.3, 0.4) is 0 Å². The van der Waals surface area contributed by atoms with E-state index in [0.717, 1.165) is 11.1 Å². The van der Waals surface area contributed by atoms with Crippen LogP contribution in [0.25, 0.3) is 0 Å². The first-order valence-corrected chi connectivity index (χ1v) is 6.51. The molecule has 1 rings (SSSR count). The lowest BCUT2D eigenvalue weighted by molar-refractivity contribution is -0.173. The summed E-state index contributed by atoms with van der Waals surface area (Å²) in [5, 5.41) is 0. The molecule has 1 unspecified atom stereocenters. The molecule has 0 aromatic heterocycles. The summed E-state index contributed by atoms with van der Waals surface area (Å²) in [6, 6.07) is 7.78. The molecule has 4 heteroatoms. The number of aryl methyl sites for hydroxylation is 1. The summed E-state index contributed by atoms with van der Waals surface area (Å²) < 4.78 is 37.8. The zero-order valence-corrected chi connectivity index (χ0v) is 11.7. The van der Waals surface area contributed by atoms with Crippen LogP contribution in [-0.4, -0.2) is 12.7 Å². The Morgan fingerprint density at radius 3 is 2.26 bits per heavy atom. The van der Waals surface area contributed by atoms with Gasteiger partial charge in [-0.3, -0.25) is 0 Å². The average molecular weight is 273 g/mol. The fraction of sp³-hybridized carbons (Fsp3) is 0.600. The minimum Gasteiger partial charge on any atom is -0.330 e. The van der Waals surface area contributed by atoms with Crippen molar-refractivity contribution in [2.24, 2.45) is 11.7 Å². The maximum Gasteiger partial charge on any atom is 0.393 e. The lowest BCUT2D eigenvalue weighted by Gasteiger charge is -2.21. The van der Waals surface area contributed by atoms with Crippen molar-refractivity contribution in [1.29, 1.82) is 0 Å². The first-order valence-electron chi connectivity index (χ1n) is 6.51. The highest BCUT2D eigenvalue weighted by atomic mass is 19.4. The number of nitrogens with two attached hydrogens (primary N) is 1. The fourth-order valence-electron chi connectivity index (χ4n) is 1.95. The van der Waals surface area contributed by atoms with Crippen LogP contribution in [0.5, 0.6) is 0 Å². The first kappa shape index (κ1) is 16.0. The van der Waals surface area contributed by atoms with Crippen LogP contribution < -0.4 is 5.73 Å². The third kappa shape index (κ3) is 4.86. The van der Waals surface area contributed by atoms with Gasteiger partial charge >= 0.3 is 6.18 Å². The van der Waals surface area contributed by atoms with E-state index in [-0.39, 0.29) is 18.4 Å². The van der Waals surface area contributed by atoms with Crippen molar-refractivity contribution in [3.63, 3.8) is 0 Å². The SMILES string of the molecule is CC(C)(C)c1cccc(CCC(CN)C(F)(F)F)c1. The van der Waals surface area contributed by atoms with Gasteiger partial charge in [-0.25, -0.2) is 0 Å². The zero-order valence-electron chi connectivity index (χ0n) is 11.7. The average Bonchev–Trinajstić information content (AvgIpc) is 2.27. The molecule has 0 bridgehead atoms. The van der Waals surface area contributed by atoms with Crippen LogP contribution in [-0.2, 0) is 11.8 Å². The van der Waals surface area contributed by atoms with Gasteiger partial charge in [-0.05, 0) is 29.4 Å². The third-order valence-corrected chi connectivity index (χ3v) is 3.32. The Labute approximate surface area is 113 Å². The van der Waals surface area contributed by atoms with E-state index in [1.54, 1.807) is 0 Å². The second-order valence-corrected chi connectivity index (χ2v) is 5.96. The van der Waals surface area contributed by atoms with Gasteiger partial charge in [-0.1, -0.05) is 45.0 Å². The van der Waals surface area contributed by atoms with E-state index in [1.165, 1.54) is 0 Å². The lowest BCUT2D eigenvalue weighted by atomic mass is 9.85. The van der Waals surface area contributed by atoms with Gasteiger partial charge in [0.05, 0.1) is 5.92 Å². The van der Waals surface area contributed by atoms with Crippen molar-refractivity contribution < 1.29 is 13.2 Å². The number of halogens is 3. The Bertz CT molecular complexity index is 405. The highest BCUT2D eigenvalue weighted by Gasteiger charge is 2.37. The first-order chi connectivity index (χ1) is 8.64. The van der Waals surface area contributed by atoms with Gasteiger partial charge in [-0.2, -0.15) is 13.2 Å². The summed E-state index contributed by atoms with van der Waals surface area (Å²) in [7, 11) is 0. The lowest BCUT2D eigenvalue weighted by Crippen LogP contribution is -2.30. The minimum absolute atomic E-state index is 0.00725. The standard InChI is InChI=1S/C15H22F3N/c1-14(2,3)12-6-4-5-11(9-12)7-8-13(10-19)15(16,17)18/h4-6,9,13H,7-8,10,19H2,1-3H3. The largest absolute Gasteiger partial charge is 0.393 e. The van der Waals surface area contributed by atoms with Crippen LogP contribution >= 0.6 is 0 Å². The number of hydrogen-bond acceptors (Lipinski definition) is 1. The van der Waals surface area contributed by atoms with Crippen molar-refractivity contribution in [2.75, 3.05) is 6.54 Å². The molecule has 0 aliphatic heterocycles. The van der Waals surface area contributed by atoms with E-state index in [1.807, 2.05) is 24.3 Å². The molecule has 0 amide bonds. The van der Waals surface area contributed by atoms with Crippen LogP contribution in [0.15, 0.2) is 24.3 Å². The molecule has 1 aromatic carbocycles. The zero-order chi connectivity index (χ0) is 14.7. The summed E-state index contributed by atoms with van der Waals surface area (Å²) in [5.41, 5.74) is 7.29. The van der Waals surface area contributed by atoms with Crippen LogP contribution in [0.2, 0.25) is 0 Å². The van der Waals surface area contributed by atoms with E-state index in [4.69, 9.17) is 5.73 Å². The second kappa shape index (κ2) is 5.95. The molecule has 1 atom stereocenters. The van der Waals surface area contributed by atoms with Crippen molar-refractivity contribution >= 4 is 0 Å². The number of benzene rings is 1. The number of rotatable bonds is 4. The van der Waals surface area contributed by atoms with Gasteiger partial charge in [0.25, 0.3) is 0 Å². The highest BCUT2D eigenvalue weighted by Crippen LogP contribution is 2.30. The topological polar surface area (TPSA) is 26.0 Å². The van der Waals surface area contributed by atoms with E-state index >= 15 is 0 Å². The van der Waals surface area contributed by atoms with Crippen LogP contribution in [0, 0.1) is 5.92 Å². The quantitative estimate of drug-likeness (QED) is 0.879. The molecule has 0 saturated carbocycles. The summed E-state index contributed by atoms with van der Waals surface area (Å²) >= 11 is 0. The molecule has 0 aliphatic carbocycles. The van der Waals surface area contributed by atoms with Crippen molar-refractivity contribution in [3.8, 4) is 0 Å². The Morgan fingerprint density at radius 2 is 1.79 bits per heavy atom. The predicted molar refractivity (Wildman–Crippen MR) is 72.1 cm³/mol. The molecule has 108 valence electrons. The van der Waals surface area contributed by atoms with Crippen molar-refractivity contribution in [2.45, 2.75) is 45.2 Å². The van der Waals surface area contributed by atoms with E-state index < -0.39 is 12.1 Å². The summed E-state index contributed by atoms with van der Waals surface area (Å²) in [6.45, 7) is 5.92. The Kier molecular flexibility index (Phi) is 5.02. The fourth-order valence-corrected chi connectivity index (χ4v) is 1.95. The van der Waals surface area contributed by atoms with E-state index in [2.05, 4.69) is 20.8 Å². The van der Waals surface area contributed by atoms with Gasteiger partial charge in [0, 0.05) is 6.54 Å². The monoisotopic (exact) mass is 273 g/mol. The Hall–Kier alpha value is -1.03. The summed E-state index contributed by atoms with van der Waals surface area (Å²) in [5.74, 6) is -1.41. The van der Waals surface area contributed by atoms with Crippen LogP contribution in [0.4, 0.5) is 13.2 Å². The van der Waals surface area contributed by atoms with Gasteiger partial charge < -0.3 is 5.73 Å². The third-order valence-electron chi connectivity index (χ3n) is 3.32. The summed E-state index contributed by atoms with van der Waals surface area (Å²) in [4.78, 5) is 0. The van der Waals surface area contributed by atoms with Crippen molar-refractivity contribution in [3.05, 3.63) is 35.4 Å². The molecular weight excluding hydrogens is 251 g/mol. The van der Waals surface area contributed by atoms with Gasteiger partial charge in [0.2, 0.25) is 0 Å². The molecule has 0 radical (unpaired) electrons. The molecule has 1 aromatic rings. The number of alkyl halides is 3. The van der Waals surface area contributed by atoms with E-state index in [9.17, 15) is 13.2 Å². The normalized spacial score (nSPS) is 14.5. The maximum atomic E-state index is 12.6. The Balaban J connectivity index is 2.73. The highest BCUT2D eigenvalue weighted by molar-refractivity contribution is 5.28. The van der Waals surface area contributed by atoms with Gasteiger partial charge in [0.15, 0.2) is 0 Å². The molecule has 1 nitrogen and oxygen atoms in total. The predicted octanol–water partition coefficient (Wildman–Crippen LogP) is 4.05.